The molecule has 0 aliphatic carbocycles. The van der Waals surface area contributed by atoms with Crippen molar-refractivity contribution in [2.75, 3.05) is 13.1 Å². The van der Waals surface area contributed by atoms with Crippen LogP contribution < -0.4 is 10.8 Å². The molecule has 2 rings (SSSR count). The normalized spacial score (nSPS) is 23.1. The average Bonchev–Trinajstić information content (AvgIpc) is 2.25. The largest absolute Gasteiger partial charge is 0.493 e. The number of hydrogen-bond acceptors (Lipinski definition) is 4. The van der Waals surface area contributed by atoms with Gasteiger partial charge in [0.15, 0.2) is 5.76 Å². The zero-order valence-corrected chi connectivity index (χ0v) is 6.05. The third-order valence-corrected chi connectivity index (χ3v) is 1.79. The standard InChI is InChI=1S/C7H10N2O2/c10-7-5-4-8-3-1-2-6(5)11-9-7/h2,8-10H,1,3-4H2. The van der Waals surface area contributed by atoms with Gasteiger partial charge < -0.3 is 15.3 Å². The minimum atomic E-state index is 0.130. The molecule has 0 aromatic heterocycles. The van der Waals surface area contributed by atoms with Gasteiger partial charge >= 0.3 is 0 Å². The fourth-order valence-corrected chi connectivity index (χ4v) is 1.20. The summed E-state index contributed by atoms with van der Waals surface area (Å²) in [5.41, 5.74) is 3.24. The van der Waals surface area contributed by atoms with Crippen molar-refractivity contribution < 1.29 is 9.94 Å². The Bertz CT molecular complexity index is 233. The maximum absolute atomic E-state index is 9.21. The molecule has 2 aliphatic rings. The van der Waals surface area contributed by atoms with Crippen LogP contribution in [0.5, 0.6) is 0 Å². The number of aliphatic hydroxyl groups is 1. The maximum atomic E-state index is 9.21. The second kappa shape index (κ2) is 2.47. The van der Waals surface area contributed by atoms with Crippen LogP contribution in [0.4, 0.5) is 0 Å². The lowest BCUT2D eigenvalue weighted by Gasteiger charge is -1.97. The lowest BCUT2D eigenvalue weighted by atomic mass is 10.2. The quantitative estimate of drug-likeness (QED) is 0.465. The summed E-state index contributed by atoms with van der Waals surface area (Å²) in [6.45, 7) is 1.61. The first-order valence-electron chi connectivity index (χ1n) is 3.64. The van der Waals surface area contributed by atoms with E-state index in [1.165, 1.54) is 0 Å². The predicted octanol–water partition coefficient (Wildman–Crippen LogP) is 0.168. The maximum Gasteiger partial charge on any atom is 0.226 e. The molecule has 0 fully saturated rings. The van der Waals surface area contributed by atoms with E-state index in [0.29, 0.717) is 6.54 Å². The van der Waals surface area contributed by atoms with Crippen LogP contribution in [-0.2, 0) is 4.84 Å². The van der Waals surface area contributed by atoms with Gasteiger partial charge in [0.25, 0.3) is 0 Å². The molecule has 0 amide bonds. The van der Waals surface area contributed by atoms with Crippen LogP contribution in [0.2, 0.25) is 0 Å². The molecular formula is C7H10N2O2. The number of fused-ring (bicyclic) bond motifs is 1. The third-order valence-electron chi connectivity index (χ3n) is 1.79. The Kier molecular flexibility index (Phi) is 1.47. The van der Waals surface area contributed by atoms with Crippen LogP contribution in [0.3, 0.4) is 0 Å². The second-order valence-corrected chi connectivity index (χ2v) is 2.57. The molecule has 0 spiro atoms. The summed E-state index contributed by atoms with van der Waals surface area (Å²) < 4.78 is 0. The molecule has 0 aromatic rings. The zero-order valence-electron chi connectivity index (χ0n) is 6.05. The first kappa shape index (κ1) is 6.54. The van der Waals surface area contributed by atoms with Crippen molar-refractivity contribution in [3.05, 3.63) is 23.3 Å². The minimum absolute atomic E-state index is 0.130. The summed E-state index contributed by atoms with van der Waals surface area (Å²) in [7, 11) is 0. The van der Waals surface area contributed by atoms with Crippen LogP contribution in [0.1, 0.15) is 6.42 Å². The van der Waals surface area contributed by atoms with Gasteiger partial charge in [-0.25, -0.2) is 0 Å². The van der Waals surface area contributed by atoms with Gasteiger partial charge in [-0.3, -0.25) is 0 Å². The SMILES string of the molecule is OC1=C2CNCCC=C2ON1. The topological polar surface area (TPSA) is 53.5 Å². The summed E-state index contributed by atoms with van der Waals surface area (Å²) in [5, 5.41) is 12.4. The molecule has 0 atom stereocenters. The highest BCUT2D eigenvalue weighted by molar-refractivity contribution is 5.32. The molecule has 0 bridgehead atoms. The van der Waals surface area contributed by atoms with E-state index in [4.69, 9.17) is 4.84 Å². The van der Waals surface area contributed by atoms with E-state index < -0.39 is 0 Å². The lowest BCUT2D eigenvalue weighted by molar-refractivity contribution is 0.123. The minimum Gasteiger partial charge on any atom is -0.493 e. The van der Waals surface area contributed by atoms with Gasteiger partial charge in [-0.2, -0.15) is 5.48 Å². The molecule has 60 valence electrons. The van der Waals surface area contributed by atoms with Crippen molar-refractivity contribution in [1.29, 1.82) is 0 Å². The number of rotatable bonds is 0. The van der Waals surface area contributed by atoms with Gasteiger partial charge in [0.2, 0.25) is 5.88 Å². The number of nitrogens with one attached hydrogen (secondary N) is 2. The molecule has 4 nitrogen and oxygen atoms in total. The number of hydroxylamine groups is 1. The molecule has 4 heteroatoms. The smallest absolute Gasteiger partial charge is 0.226 e. The zero-order chi connectivity index (χ0) is 7.68. The van der Waals surface area contributed by atoms with Crippen LogP contribution >= 0.6 is 0 Å². The molecule has 0 radical (unpaired) electrons. The summed E-state index contributed by atoms with van der Waals surface area (Å²) in [6.07, 6.45) is 2.90. The Labute approximate surface area is 64.5 Å². The third kappa shape index (κ3) is 1.05. The van der Waals surface area contributed by atoms with Crippen molar-refractivity contribution >= 4 is 0 Å². The van der Waals surface area contributed by atoms with Crippen molar-refractivity contribution in [3.8, 4) is 0 Å². The average molecular weight is 154 g/mol. The Morgan fingerprint density at radius 1 is 1.55 bits per heavy atom. The molecule has 0 saturated carbocycles. The van der Waals surface area contributed by atoms with Crippen LogP contribution in [-0.4, -0.2) is 18.2 Å². The fraction of sp³-hybridized carbons (Fsp3) is 0.429. The molecule has 2 aliphatic heterocycles. The van der Waals surface area contributed by atoms with E-state index in [0.717, 1.165) is 24.3 Å². The fourth-order valence-electron chi connectivity index (χ4n) is 1.20. The highest BCUT2D eigenvalue weighted by atomic mass is 16.7. The van der Waals surface area contributed by atoms with Crippen LogP contribution in [0.25, 0.3) is 0 Å². The van der Waals surface area contributed by atoms with Crippen molar-refractivity contribution in [1.82, 2.24) is 10.8 Å². The van der Waals surface area contributed by atoms with Crippen molar-refractivity contribution in [2.24, 2.45) is 0 Å². The number of aliphatic hydroxyl groups excluding tert-OH is 1. The molecule has 2 heterocycles. The lowest BCUT2D eigenvalue weighted by Crippen LogP contribution is -2.16. The van der Waals surface area contributed by atoms with E-state index in [-0.39, 0.29) is 5.88 Å². The van der Waals surface area contributed by atoms with E-state index in [2.05, 4.69) is 10.8 Å². The Morgan fingerprint density at radius 3 is 3.36 bits per heavy atom. The number of hydrogen-bond donors (Lipinski definition) is 3. The van der Waals surface area contributed by atoms with Gasteiger partial charge in [0.05, 0.1) is 5.57 Å². The molecule has 0 aromatic carbocycles. The Hall–Kier alpha value is -1.16. The first-order chi connectivity index (χ1) is 5.38. The van der Waals surface area contributed by atoms with E-state index in [1.807, 2.05) is 6.08 Å². The molecule has 11 heavy (non-hydrogen) atoms. The Balaban J connectivity index is 2.29. The van der Waals surface area contributed by atoms with Gasteiger partial charge in [-0.15, -0.1) is 0 Å². The van der Waals surface area contributed by atoms with Crippen molar-refractivity contribution in [2.45, 2.75) is 6.42 Å². The summed E-state index contributed by atoms with van der Waals surface area (Å²) in [5.74, 6) is 0.887. The van der Waals surface area contributed by atoms with E-state index >= 15 is 0 Å². The van der Waals surface area contributed by atoms with E-state index in [1.54, 1.807) is 0 Å². The second-order valence-electron chi connectivity index (χ2n) is 2.57. The highest BCUT2D eigenvalue weighted by Crippen LogP contribution is 2.20. The van der Waals surface area contributed by atoms with Gasteiger partial charge in [-0.1, -0.05) is 0 Å². The molecule has 3 N–H and O–H groups in total. The molecular weight excluding hydrogens is 144 g/mol. The summed E-state index contributed by atoms with van der Waals surface area (Å²) >= 11 is 0. The summed E-state index contributed by atoms with van der Waals surface area (Å²) in [4.78, 5) is 5.00. The van der Waals surface area contributed by atoms with Gasteiger partial charge in [0, 0.05) is 6.54 Å². The van der Waals surface area contributed by atoms with Gasteiger partial charge in [0.1, 0.15) is 0 Å². The molecule has 0 saturated heterocycles. The van der Waals surface area contributed by atoms with E-state index in [9.17, 15) is 5.11 Å². The van der Waals surface area contributed by atoms with Crippen LogP contribution in [0, 0.1) is 0 Å². The Morgan fingerprint density at radius 2 is 2.45 bits per heavy atom. The predicted molar refractivity (Wildman–Crippen MR) is 39.4 cm³/mol. The first-order valence-corrected chi connectivity index (χ1v) is 3.64. The monoisotopic (exact) mass is 154 g/mol. The van der Waals surface area contributed by atoms with Gasteiger partial charge in [-0.05, 0) is 19.0 Å². The summed E-state index contributed by atoms with van der Waals surface area (Å²) in [6, 6.07) is 0. The van der Waals surface area contributed by atoms with Crippen molar-refractivity contribution in [3.63, 3.8) is 0 Å². The molecule has 0 unspecified atom stereocenters. The van der Waals surface area contributed by atoms with Crippen LogP contribution in [0.15, 0.2) is 23.3 Å². The highest BCUT2D eigenvalue weighted by Gasteiger charge is 2.21.